The van der Waals surface area contributed by atoms with Gasteiger partial charge in [-0.1, -0.05) is 20.3 Å². The van der Waals surface area contributed by atoms with Gasteiger partial charge in [0.05, 0.1) is 0 Å². The van der Waals surface area contributed by atoms with E-state index in [0.717, 1.165) is 42.0 Å². The largest absolute Gasteiger partial charge is 0.443 e. The second-order valence-corrected chi connectivity index (χ2v) is 6.74. The third kappa shape index (κ3) is 3.73. The SMILES string of the molecule is CCCNC(c1cnc(C(F)(F)F)s1)C1CCC(C)C1. The molecular weight excluding hydrogens is 285 g/mol. The summed E-state index contributed by atoms with van der Waals surface area (Å²) in [4.78, 5) is 4.29. The Hall–Kier alpha value is -0.620. The van der Waals surface area contributed by atoms with Gasteiger partial charge in [-0.3, -0.25) is 0 Å². The average Bonchev–Trinajstić information content (AvgIpc) is 2.99. The molecule has 2 rings (SSSR count). The normalized spacial score (nSPS) is 25.1. The van der Waals surface area contributed by atoms with Crippen LogP contribution in [0.2, 0.25) is 0 Å². The zero-order chi connectivity index (χ0) is 14.8. The molecule has 1 N–H and O–H groups in total. The lowest BCUT2D eigenvalue weighted by atomic mass is 9.96. The van der Waals surface area contributed by atoms with Crippen LogP contribution in [-0.2, 0) is 6.18 Å². The number of hydrogen-bond acceptors (Lipinski definition) is 3. The van der Waals surface area contributed by atoms with E-state index in [1.807, 2.05) is 0 Å². The fraction of sp³-hybridized carbons (Fsp3) is 0.786. The summed E-state index contributed by atoms with van der Waals surface area (Å²) in [7, 11) is 0. The smallest absolute Gasteiger partial charge is 0.309 e. The zero-order valence-electron chi connectivity index (χ0n) is 11.8. The van der Waals surface area contributed by atoms with Crippen molar-refractivity contribution < 1.29 is 13.2 Å². The molecule has 6 heteroatoms. The fourth-order valence-electron chi connectivity index (χ4n) is 2.91. The molecule has 1 aliphatic rings. The zero-order valence-corrected chi connectivity index (χ0v) is 12.7. The summed E-state index contributed by atoms with van der Waals surface area (Å²) < 4.78 is 38.1. The van der Waals surface area contributed by atoms with E-state index in [9.17, 15) is 13.2 Å². The summed E-state index contributed by atoms with van der Waals surface area (Å²) in [6, 6.07) is 0.0218. The molecule has 0 bridgehead atoms. The summed E-state index contributed by atoms with van der Waals surface area (Å²) in [5.74, 6) is 1.10. The van der Waals surface area contributed by atoms with Gasteiger partial charge in [-0.25, -0.2) is 4.98 Å². The van der Waals surface area contributed by atoms with Crippen LogP contribution >= 0.6 is 11.3 Å². The first-order valence-corrected chi connectivity index (χ1v) is 7.99. The molecule has 0 amide bonds. The van der Waals surface area contributed by atoms with E-state index in [2.05, 4.69) is 24.1 Å². The molecule has 1 aromatic heterocycles. The van der Waals surface area contributed by atoms with Gasteiger partial charge >= 0.3 is 6.18 Å². The van der Waals surface area contributed by atoms with Gasteiger partial charge in [0, 0.05) is 17.1 Å². The lowest BCUT2D eigenvalue weighted by Gasteiger charge is -2.23. The molecular formula is C14H21F3N2S. The lowest BCUT2D eigenvalue weighted by Crippen LogP contribution is -2.27. The highest BCUT2D eigenvalue weighted by molar-refractivity contribution is 7.11. The summed E-state index contributed by atoms with van der Waals surface area (Å²) in [5, 5.41) is 2.68. The highest BCUT2D eigenvalue weighted by atomic mass is 32.1. The van der Waals surface area contributed by atoms with Crippen LogP contribution in [0.3, 0.4) is 0 Å². The van der Waals surface area contributed by atoms with Crippen LogP contribution in [0.4, 0.5) is 13.2 Å². The minimum Gasteiger partial charge on any atom is -0.309 e. The maximum absolute atomic E-state index is 12.7. The van der Waals surface area contributed by atoms with Gasteiger partial charge < -0.3 is 5.32 Å². The predicted octanol–water partition coefficient (Wildman–Crippen LogP) is 4.64. The molecule has 0 spiro atoms. The van der Waals surface area contributed by atoms with E-state index in [1.165, 1.54) is 12.6 Å². The quantitative estimate of drug-likeness (QED) is 0.857. The Morgan fingerprint density at radius 1 is 1.45 bits per heavy atom. The summed E-state index contributed by atoms with van der Waals surface area (Å²) in [5.41, 5.74) is 0. The van der Waals surface area contributed by atoms with E-state index in [1.54, 1.807) is 0 Å². The fourth-order valence-corrected chi connectivity index (χ4v) is 3.87. The number of nitrogens with zero attached hydrogens (tertiary/aromatic N) is 1. The molecule has 20 heavy (non-hydrogen) atoms. The second-order valence-electron chi connectivity index (χ2n) is 5.68. The van der Waals surface area contributed by atoms with Gasteiger partial charge in [0.1, 0.15) is 0 Å². The molecule has 0 radical (unpaired) electrons. The highest BCUT2D eigenvalue weighted by Crippen LogP contribution is 2.42. The third-order valence-corrected chi connectivity index (χ3v) is 5.02. The number of thiazole rings is 1. The van der Waals surface area contributed by atoms with E-state index in [-0.39, 0.29) is 6.04 Å². The molecule has 1 aliphatic carbocycles. The first kappa shape index (κ1) is 15.8. The Bertz CT molecular complexity index is 430. The molecule has 2 nitrogen and oxygen atoms in total. The molecule has 114 valence electrons. The molecule has 0 saturated heterocycles. The maximum atomic E-state index is 12.7. The average molecular weight is 306 g/mol. The van der Waals surface area contributed by atoms with Crippen LogP contribution in [0.15, 0.2) is 6.20 Å². The number of alkyl halides is 3. The molecule has 0 aromatic carbocycles. The van der Waals surface area contributed by atoms with E-state index in [0.29, 0.717) is 11.8 Å². The standard InChI is InChI=1S/C14H21F3N2S/c1-3-6-18-12(10-5-4-9(2)7-10)11-8-19-13(20-11)14(15,16)17/h8-10,12,18H,3-7H2,1-2H3. The molecule has 3 atom stereocenters. The van der Waals surface area contributed by atoms with Gasteiger partial charge in [-0.2, -0.15) is 13.2 Å². The first-order chi connectivity index (χ1) is 9.41. The molecule has 0 aliphatic heterocycles. The van der Waals surface area contributed by atoms with E-state index in [4.69, 9.17) is 0 Å². The number of halogens is 3. The van der Waals surface area contributed by atoms with Gasteiger partial charge in [0.25, 0.3) is 0 Å². The molecule has 1 saturated carbocycles. The Morgan fingerprint density at radius 2 is 2.20 bits per heavy atom. The van der Waals surface area contributed by atoms with Crippen molar-refractivity contribution in [2.45, 2.75) is 51.7 Å². The minimum absolute atomic E-state index is 0.0218. The Morgan fingerprint density at radius 3 is 2.70 bits per heavy atom. The number of nitrogens with one attached hydrogen (secondary N) is 1. The van der Waals surface area contributed by atoms with Gasteiger partial charge in [-0.05, 0) is 37.6 Å². The number of aromatic nitrogens is 1. The molecule has 1 fully saturated rings. The van der Waals surface area contributed by atoms with Crippen LogP contribution in [-0.4, -0.2) is 11.5 Å². The van der Waals surface area contributed by atoms with Crippen LogP contribution < -0.4 is 5.32 Å². The minimum atomic E-state index is -4.33. The van der Waals surface area contributed by atoms with Crippen LogP contribution in [0.25, 0.3) is 0 Å². The number of hydrogen-bond donors (Lipinski definition) is 1. The van der Waals surface area contributed by atoms with Gasteiger partial charge in [0.15, 0.2) is 5.01 Å². The van der Waals surface area contributed by atoms with Crippen LogP contribution in [0.1, 0.15) is 55.5 Å². The summed E-state index contributed by atoms with van der Waals surface area (Å²) in [6.07, 6.45) is 1.39. The van der Waals surface area contributed by atoms with E-state index < -0.39 is 11.2 Å². The summed E-state index contributed by atoms with van der Waals surface area (Å²) >= 11 is 0.788. The predicted molar refractivity (Wildman–Crippen MR) is 74.7 cm³/mol. The second kappa shape index (κ2) is 6.43. The van der Waals surface area contributed by atoms with Crippen molar-refractivity contribution >= 4 is 11.3 Å². The van der Waals surface area contributed by atoms with Crippen molar-refractivity contribution in [1.82, 2.24) is 10.3 Å². The summed E-state index contributed by atoms with van der Waals surface area (Å²) in [6.45, 7) is 5.11. The van der Waals surface area contributed by atoms with Gasteiger partial charge in [-0.15, -0.1) is 11.3 Å². The highest BCUT2D eigenvalue weighted by Gasteiger charge is 2.37. The van der Waals surface area contributed by atoms with Gasteiger partial charge in [0.2, 0.25) is 0 Å². The van der Waals surface area contributed by atoms with Crippen molar-refractivity contribution in [1.29, 1.82) is 0 Å². The van der Waals surface area contributed by atoms with Crippen LogP contribution in [0.5, 0.6) is 0 Å². The topological polar surface area (TPSA) is 24.9 Å². The van der Waals surface area contributed by atoms with Crippen molar-refractivity contribution in [3.05, 3.63) is 16.1 Å². The van der Waals surface area contributed by atoms with Crippen molar-refractivity contribution in [2.24, 2.45) is 11.8 Å². The van der Waals surface area contributed by atoms with E-state index >= 15 is 0 Å². The molecule has 1 aromatic rings. The van der Waals surface area contributed by atoms with Crippen LogP contribution in [0, 0.1) is 11.8 Å². The Kier molecular flexibility index (Phi) is 5.07. The number of rotatable bonds is 5. The van der Waals surface area contributed by atoms with Crippen molar-refractivity contribution in [3.63, 3.8) is 0 Å². The monoisotopic (exact) mass is 306 g/mol. The Balaban J connectivity index is 2.15. The molecule has 1 heterocycles. The maximum Gasteiger partial charge on any atom is 0.443 e. The van der Waals surface area contributed by atoms with Crippen molar-refractivity contribution in [3.8, 4) is 0 Å². The molecule has 3 unspecified atom stereocenters. The lowest BCUT2D eigenvalue weighted by molar-refractivity contribution is -0.137. The third-order valence-electron chi connectivity index (χ3n) is 3.89. The first-order valence-electron chi connectivity index (χ1n) is 7.18. The Labute approximate surface area is 121 Å². The van der Waals surface area contributed by atoms with Crippen molar-refractivity contribution in [2.75, 3.05) is 6.54 Å².